The standard InChI is InChI=1S/C49H96O4/c1-6-9-12-15-18-19-23-26-29-34-39-44-49(45(4)40-35-30-16-13-10-7-2,46(5)41-36-31-17-14-11-8-3)53-48(52)43-38-33-28-25-22-20-21-24-27-32-37-42-47(50)51/h45-46H,6-44H2,1-5H3,(H,50,51). The summed E-state index contributed by atoms with van der Waals surface area (Å²) in [5.74, 6) is 0.217. The maximum Gasteiger partial charge on any atom is 0.306 e. The van der Waals surface area contributed by atoms with Gasteiger partial charge in [0.25, 0.3) is 0 Å². The van der Waals surface area contributed by atoms with Crippen molar-refractivity contribution in [2.75, 3.05) is 0 Å². The van der Waals surface area contributed by atoms with Gasteiger partial charge in [-0.2, -0.15) is 0 Å². The first kappa shape index (κ1) is 51.9. The van der Waals surface area contributed by atoms with Gasteiger partial charge in [0.05, 0.1) is 0 Å². The molecule has 0 aromatic heterocycles. The number of rotatable bonds is 43. The van der Waals surface area contributed by atoms with E-state index in [0.717, 1.165) is 38.5 Å². The number of unbranched alkanes of at least 4 members (excludes halogenated alkanes) is 30. The number of carbonyl (C=O) groups excluding carboxylic acids is 1. The highest BCUT2D eigenvalue weighted by molar-refractivity contribution is 5.70. The number of ether oxygens (including phenoxy) is 1. The molecule has 0 saturated carbocycles. The van der Waals surface area contributed by atoms with Crippen LogP contribution in [-0.4, -0.2) is 22.6 Å². The Morgan fingerprint density at radius 2 is 0.698 bits per heavy atom. The normalized spacial score (nSPS) is 13.9. The SMILES string of the molecule is CCCCCCCCCCCCCC(OC(=O)CCCCCCCCCCCCCC(=O)O)(C(C)CCCCCCCC)C(C)CCCCCCCC. The van der Waals surface area contributed by atoms with Crippen molar-refractivity contribution in [3.8, 4) is 0 Å². The second-order valence-corrected chi connectivity index (χ2v) is 17.4. The minimum Gasteiger partial charge on any atom is -0.481 e. The lowest BCUT2D eigenvalue weighted by atomic mass is 9.71. The van der Waals surface area contributed by atoms with Gasteiger partial charge in [-0.3, -0.25) is 9.59 Å². The third-order valence-electron chi connectivity index (χ3n) is 12.4. The molecule has 4 nitrogen and oxygen atoms in total. The van der Waals surface area contributed by atoms with Crippen LogP contribution >= 0.6 is 0 Å². The summed E-state index contributed by atoms with van der Waals surface area (Å²) in [7, 11) is 0. The first-order valence-electron chi connectivity index (χ1n) is 24.3. The Labute approximate surface area is 332 Å². The number of aliphatic carboxylic acids is 1. The summed E-state index contributed by atoms with van der Waals surface area (Å²) in [6, 6.07) is 0. The van der Waals surface area contributed by atoms with Gasteiger partial charge in [-0.15, -0.1) is 0 Å². The van der Waals surface area contributed by atoms with E-state index in [1.807, 2.05) is 0 Å². The molecule has 0 aromatic rings. The zero-order valence-corrected chi connectivity index (χ0v) is 36.9. The van der Waals surface area contributed by atoms with Gasteiger partial charge in [-0.05, 0) is 50.4 Å². The molecule has 0 spiro atoms. The Bertz CT molecular complexity index is 756. The summed E-state index contributed by atoms with van der Waals surface area (Å²) in [5, 5.41) is 8.77. The van der Waals surface area contributed by atoms with Gasteiger partial charge in [0, 0.05) is 12.8 Å². The van der Waals surface area contributed by atoms with Crippen LogP contribution in [0.4, 0.5) is 0 Å². The predicted molar refractivity (Wildman–Crippen MR) is 232 cm³/mol. The maximum atomic E-state index is 13.7. The summed E-state index contributed by atoms with van der Waals surface area (Å²) in [6.45, 7) is 11.8. The van der Waals surface area contributed by atoms with Gasteiger partial charge < -0.3 is 9.84 Å². The highest BCUT2D eigenvalue weighted by Gasteiger charge is 2.43. The van der Waals surface area contributed by atoms with E-state index in [4.69, 9.17) is 9.84 Å². The van der Waals surface area contributed by atoms with Crippen LogP contribution < -0.4 is 0 Å². The molecule has 1 N–H and O–H groups in total. The summed E-state index contributed by atoms with van der Waals surface area (Å²) in [4.78, 5) is 24.4. The molecular weight excluding hydrogens is 653 g/mol. The molecule has 53 heavy (non-hydrogen) atoms. The van der Waals surface area contributed by atoms with Crippen LogP contribution in [-0.2, 0) is 14.3 Å². The zero-order chi connectivity index (χ0) is 39.1. The van der Waals surface area contributed by atoms with Gasteiger partial charge >= 0.3 is 11.9 Å². The smallest absolute Gasteiger partial charge is 0.306 e. The topological polar surface area (TPSA) is 63.6 Å². The molecule has 316 valence electrons. The number of hydrogen-bond donors (Lipinski definition) is 1. The summed E-state index contributed by atoms with van der Waals surface area (Å²) in [6.07, 6.45) is 47.6. The van der Waals surface area contributed by atoms with Crippen molar-refractivity contribution in [2.24, 2.45) is 11.8 Å². The van der Waals surface area contributed by atoms with Gasteiger partial charge in [0.15, 0.2) is 0 Å². The lowest BCUT2D eigenvalue weighted by molar-refractivity contribution is -0.177. The lowest BCUT2D eigenvalue weighted by Crippen LogP contribution is -2.47. The van der Waals surface area contributed by atoms with Crippen LogP contribution in [0.15, 0.2) is 0 Å². The Morgan fingerprint density at radius 3 is 1.04 bits per heavy atom. The quantitative estimate of drug-likeness (QED) is 0.0498. The van der Waals surface area contributed by atoms with Gasteiger partial charge in [-0.1, -0.05) is 234 Å². The molecule has 0 bridgehead atoms. The fraction of sp³-hybridized carbons (Fsp3) is 0.959. The maximum absolute atomic E-state index is 13.7. The molecule has 2 atom stereocenters. The van der Waals surface area contributed by atoms with E-state index in [9.17, 15) is 9.59 Å². The van der Waals surface area contributed by atoms with Crippen molar-refractivity contribution in [1.29, 1.82) is 0 Å². The van der Waals surface area contributed by atoms with Crippen LogP contribution in [0.1, 0.15) is 285 Å². The number of carbonyl (C=O) groups is 2. The number of esters is 1. The second-order valence-electron chi connectivity index (χ2n) is 17.4. The van der Waals surface area contributed by atoms with Gasteiger partial charge in [-0.25, -0.2) is 0 Å². The number of hydrogen-bond acceptors (Lipinski definition) is 3. The first-order chi connectivity index (χ1) is 25.8. The Balaban J connectivity index is 5.14. The van der Waals surface area contributed by atoms with Crippen molar-refractivity contribution in [1.82, 2.24) is 0 Å². The molecule has 0 saturated heterocycles. The van der Waals surface area contributed by atoms with E-state index >= 15 is 0 Å². The molecule has 2 unspecified atom stereocenters. The predicted octanol–water partition coefficient (Wildman–Crippen LogP) is 16.9. The fourth-order valence-electron chi connectivity index (χ4n) is 8.65. The highest BCUT2D eigenvalue weighted by atomic mass is 16.6. The van der Waals surface area contributed by atoms with E-state index in [1.165, 1.54) is 199 Å². The molecule has 0 aromatic carbocycles. The number of carboxylic acids is 1. The molecule has 0 aliphatic heterocycles. The highest BCUT2D eigenvalue weighted by Crippen LogP contribution is 2.41. The molecule has 0 aliphatic carbocycles. The molecular formula is C49H96O4. The van der Waals surface area contributed by atoms with E-state index in [2.05, 4.69) is 34.6 Å². The zero-order valence-electron chi connectivity index (χ0n) is 36.9. The molecule has 0 fully saturated rings. The molecule has 0 heterocycles. The molecule has 0 aliphatic rings. The van der Waals surface area contributed by atoms with Crippen LogP contribution in [0.3, 0.4) is 0 Å². The average Bonchev–Trinajstić information content (AvgIpc) is 3.14. The largest absolute Gasteiger partial charge is 0.481 e. The summed E-state index contributed by atoms with van der Waals surface area (Å²) in [5.41, 5.74) is -0.323. The van der Waals surface area contributed by atoms with Gasteiger partial charge in [0.1, 0.15) is 5.60 Å². The van der Waals surface area contributed by atoms with Crippen molar-refractivity contribution in [3.63, 3.8) is 0 Å². The van der Waals surface area contributed by atoms with Crippen molar-refractivity contribution >= 4 is 11.9 Å². The minimum atomic E-state index is -0.673. The lowest BCUT2D eigenvalue weighted by Gasteiger charge is -2.44. The Morgan fingerprint density at radius 1 is 0.415 bits per heavy atom. The van der Waals surface area contributed by atoms with Gasteiger partial charge in [0.2, 0.25) is 0 Å². The minimum absolute atomic E-state index is 0.0700. The third-order valence-corrected chi connectivity index (χ3v) is 12.4. The fourth-order valence-corrected chi connectivity index (χ4v) is 8.65. The average molecular weight is 749 g/mol. The number of carboxylic acid groups (broad SMARTS) is 1. The van der Waals surface area contributed by atoms with E-state index in [-0.39, 0.29) is 11.6 Å². The van der Waals surface area contributed by atoms with Crippen molar-refractivity contribution in [3.05, 3.63) is 0 Å². The Kier molecular flexibility index (Phi) is 38.4. The van der Waals surface area contributed by atoms with Crippen molar-refractivity contribution < 1.29 is 19.4 Å². The van der Waals surface area contributed by atoms with Crippen LogP contribution in [0, 0.1) is 11.8 Å². The molecule has 0 amide bonds. The van der Waals surface area contributed by atoms with Crippen molar-refractivity contribution in [2.45, 2.75) is 291 Å². The monoisotopic (exact) mass is 749 g/mol. The second kappa shape index (κ2) is 39.2. The molecule has 0 radical (unpaired) electrons. The first-order valence-corrected chi connectivity index (χ1v) is 24.3. The van der Waals surface area contributed by atoms with Crippen LogP contribution in [0.2, 0.25) is 0 Å². The third kappa shape index (κ3) is 31.8. The molecule has 4 heteroatoms. The van der Waals surface area contributed by atoms with E-state index in [0.29, 0.717) is 24.7 Å². The van der Waals surface area contributed by atoms with E-state index < -0.39 is 5.97 Å². The summed E-state index contributed by atoms with van der Waals surface area (Å²) < 4.78 is 6.89. The van der Waals surface area contributed by atoms with Crippen LogP contribution in [0.5, 0.6) is 0 Å². The van der Waals surface area contributed by atoms with E-state index in [1.54, 1.807) is 0 Å². The van der Waals surface area contributed by atoms with Crippen LogP contribution in [0.25, 0.3) is 0 Å². The molecule has 0 rings (SSSR count). The summed E-state index contributed by atoms with van der Waals surface area (Å²) >= 11 is 0. The Hall–Kier alpha value is -1.06.